The van der Waals surface area contributed by atoms with E-state index in [1.807, 2.05) is 36.4 Å². The van der Waals surface area contributed by atoms with E-state index < -0.39 is 0 Å². The minimum Gasteiger partial charge on any atom is -0.378 e. The first-order chi connectivity index (χ1) is 14.3. The van der Waals surface area contributed by atoms with Crippen LogP contribution in [0.1, 0.15) is 0 Å². The number of benzene rings is 2. The number of halogens is 1. The van der Waals surface area contributed by atoms with E-state index in [0.717, 1.165) is 43.2 Å². The largest absolute Gasteiger partial charge is 0.378 e. The van der Waals surface area contributed by atoms with Crippen LogP contribution in [0.4, 0.5) is 21.7 Å². The number of morpholine rings is 1. The smallest absolute Gasteiger partial charge is 0.247 e. The number of fused-ring (bicyclic) bond motifs is 1. The van der Waals surface area contributed by atoms with E-state index in [1.165, 1.54) is 17.8 Å². The van der Waals surface area contributed by atoms with Crippen LogP contribution in [0.5, 0.6) is 0 Å². The molecular formula is C22H20FN5O. The lowest BCUT2D eigenvalue weighted by Crippen LogP contribution is -2.36. The molecule has 0 atom stereocenters. The Bertz CT molecular complexity index is 1140. The Morgan fingerprint density at radius 2 is 1.72 bits per heavy atom. The van der Waals surface area contributed by atoms with Crippen molar-refractivity contribution in [3.8, 4) is 11.3 Å². The van der Waals surface area contributed by atoms with Gasteiger partial charge in [-0.2, -0.15) is 4.98 Å². The fraction of sp³-hybridized carbons (Fsp3) is 0.182. The summed E-state index contributed by atoms with van der Waals surface area (Å²) >= 11 is 0. The second kappa shape index (κ2) is 7.52. The molecule has 2 aromatic carbocycles. The molecule has 1 fully saturated rings. The summed E-state index contributed by atoms with van der Waals surface area (Å²) in [4.78, 5) is 6.86. The van der Waals surface area contributed by atoms with Crippen molar-refractivity contribution in [2.45, 2.75) is 0 Å². The minimum absolute atomic E-state index is 0.279. The van der Waals surface area contributed by atoms with Crippen LogP contribution in [-0.4, -0.2) is 40.9 Å². The van der Waals surface area contributed by atoms with Gasteiger partial charge in [0.2, 0.25) is 5.95 Å². The molecule has 2 aromatic heterocycles. The number of nitrogens with zero attached hydrogens (tertiary/aromatic N) is 4. The number of aromatic nitrogens is 3. The zero-order chi connectivity index (χ0) is 19.6. The van der Waals surface area contributed by atoms with Crippen molar-refractivity contribution in [2.24, 2.45) is 0 Å². The fourth-order valence-corrected chi connectivity index (χ4v) is 3.53. The van der Waals surface area contributed by atoms with Gasteiger partial charge in [0.1, 0.15) is 5.82 Å². The highest BCUT2D eigenvalue weighted by atomic mass is 19.1. The molecule has 1 aliphatic rings. The number of nitrogens with one attached hydrogen (secondary N) is 1. The fourth-order valence-electron chi connectivity index (χ4n) is 3.53. The second-order valence-electron chi connectivity index (χ2n) is 6.90. The molecule has 29 heavy (non-hydrogen) atoms. The third kappa shape index (κ3) is 3.64. The molecule has 0 bridgehead atoms. The summed E-state index contributed by atoms with van der Waals surface area (Å²) in [6.45, 7) is 3.34. The molecule has 1 aliphatic heterocycles. The third-order valence-corrected chi connectivity index (χ3v) is 4.98. The maximum Gasteiger partial charge on any atom is 0.247 e. The maximum absolute atomic E-state index is 13.6. The monoisotopic (exact) mass is 389 g/mol. The van der Waals surface area contributed by atoms with Crippen molar-refractivity contribution >= 4 is 23.0 Å². The lowest BCUT2D eigenvalue weighted by atomic mass is 10.1. The van der Waals surface area contributed by atoms with Gasteiger partial charge in [0.25, 0.3) is 0 Å². The Morgan fingerprint density at radius 1 is 0.931 bits per heavy atom. The number of hydrogen-bond donors (Lipinski definition) is 1. The lowest BCUT2D eigenvalue weighted by Gasteiger charge is -2.28. The Hall–Kier alpha value is -3.45. The van der Waals surface area contributed by atoms with Crippen molar-refractivity contribution in [1.82, 2.24) is 14.6 Å². The molecule has 0 aliphatic carbocycles. The molecule has 1 N–H and O–H groups in total. The van der Waals surface area contributed by atoms with E-state index in [4.69, 9.17) is 4.74 Å². The SMILES string of the molecule is Fc1cccc(-c2cccc3nc(Nc4ccc(N5CCOCC5)cc4)nn23)c1. The first kappa shape index (κ1) is 17.6. The van der Waals surface area contributed by atoms with Gasteiger partial charge in [-0.05, 0) is 48.5 Å². The topological polar surface area (TPSA) is 54.7 Å². The van der Waals surface area contributed by atoms with Gasteiger partial charge in [0, 0.05) is 30.0 Å². The average Bonchev–Trinajstić information content (AvgIpc) is 3.17. The van der Waals surface area contributed by atoms with Crippen LogP contribution in [-0.2, 0) is 4.74 Å². The lowest BCUT2D eigenvalue weighted by molar-refractivity contribution is 0.122. The van der Waals surface area contributed by atoms with Gasteiger partial charge in [-0.25, -0.2) is 8.91 Å². The van der Waals surface area contributed by atoms with Crippen molar-refractivity contribution < 1.29 is 9.13 Å². The van der Waals surface area contributed by atoms with E-state index in [1.54, 1.807) is 10.6 Å². The van der Waals surface area contributed by atoms with Crippen LogP contribution >= 0.6 is 0 Å². The van der Waals surface area contributed by atoms with Gasteiger partial charge in [-0.1, -0.05) is 18.2 Å². The van der Waals surface area contributed by atoms with Crippen molar-refractivity contribution in [1.29, 1.82) is 0 Å². The number of anilines is 3. The molecule has 0 saturated carbocycles. The summed E-state index contributed by atoms with van der Waals surface area (Å²) in [6.07, 6.45) is 0. The number of ether oxygens (including phenoxy) is 1. The van der Waals surface area contributed by atoms with Crippen LogP contribution < -0.4 is 10.2 Å². The minimum atomic E-state index is -0.279. The Kier molecular flexibility index (Phi) is 4.57. The summed E-state index contributed by atoms with van der Waals surface area (Å²) in [6, 6.07) is 20.3. The zero-order valence-electron chi connectivity index (χ0n) is 15.8. The van der Waals surface area contributed by atoms with E-state index in [9.17, 15) is 4.39 Å². The van der Waals surface area contributed by atoms with Gasteiger partial charge in [-0.3, -0.25) is 0 Å². The molecule has 6 nitrogen and oxygen atoms in total. The molecule has 1 saturated heterocycles. The van der Waals surface area contributed by atoms with Crippen LogP contribution in [0.2, 0.25) is 0 Å². The van der Waals surface area contributed by atoms with Gasteiger partial charge in [0.05, 0.1) is 18.9 Å². The molecular weight excluding hydrogens is 369 g/mol. The number of rotatable bonds is 4. The van der Waals surface area contributed by atoms with Gasteiger partial charge >= 0.3 is 0 Å². The molecule has 5 rings (SSSR count). The summed E-state index contributed by atoms with van der Waals surface area (Å²) in [5.41, 5.74) is 4.31. The molecule has 3 heterocycles. The third-order valence-electron chi connectivity index (χ3n) is 4.98. The molecule has 0 amide bonds. The summed E-state index contributed by atoms with van der Waals surface area (Å²) in [5.74, 6) is 0.214. The van der Waals surface area contributed by atoms with Crippen molar-refractivity contribution in [3.05, 3.63) is 72.5 Å². The van der Waals surface area contributed by atoms with Gasteiger partial charge in [-0.15, -0.1) is 5.10 Å². The highest BCUT2D eigenvalue weighted by Crippen LogP contribution is 2.24. The summed E-state index contributed by atoms with van der Waals surface area (Å²) in [7, 11) is 0. The van der Waals surface area contributed by atoms with Crippen molar-refractivity contribution in [2.75, 3.05) is 36.5 Å². The van der Waals surface area contributed by atoms with Crippen LogP contribution in [0, 0.1) is 5.82 Å². The first-order valence-corrected chi connectivity index (χ1v) is 9.58. The van der Waals surface area contributed by atoms with Crippen LogP contribution in [0.3, 0.4) is 0 Å². The molecule has 7 heteroatoms. The normalized spacial score (nSPS) is 14.3. The zero-order valence-corrected chi connectivity index (χ0v) is 15.8. The predicted octanol–water partition coefficient (Wildman–Crippen LogP) is 4.12. The highest BCUT2D eigenvalue weighted by Gasteiger charge is 2.12. The molecule has 0 radical (unpaired) electrons. The number of hydrogen-bond acceptors (Lipinski definition) is 5. The second-order valence-corrected chi connectivity index (χ2v) is 6.90. The Balaban J connectivity index is 1.40. The first-order valence-electron chi connectivity index (χ1n) is 9.58. The average molecular weight is 389 g/mol. The summed E-state index contributed by atoms with van der Waals surface area (Å²) in [5, 5.41) is 7.82. The molecule has 0 spiro atoms. The van der Waals surface area contributed by atoms with Crippen LogP contribution in [0.25, 0.3) is 16.9 Å². The molecule has 4 aromatic rings. The Morgan fingerprint density at radius 3 is 2.52 bits per heavy atom. The molecule has 146 valence electrons. The quantitative estimate of drug-likeness (QED) is 0.569. The van der Waals surface area contributed by atoms with Crippen LogP contribution in [0.15, 0.2) is 66.7 Å². The molecule has 0 unspecified atom stereocenters. The Labute approximate surface area is 167 Å². The standard InChI is InChI=1S/C22H20FN5O/c23-17-4-1-3-16(15-17)20-5-2-6-21-25-22(26-28(20)21)24-18-7-9-19(10-8-18)27-11-13-29-14-12-27/h1-10,15H,11-14H2,(H,24,26). The van der Waals surface area contributed by atoms with Gasteiger partial charge < -0.3 is 15.0 Å². The highest BCUT2D eigenvalue weighted by molar-refractivity contribution is 5.65. The van der Waals surface area contributed by atoms with Crippen molar-refractivity contribution in [3.63, 3.8) is 0 Å². The van der Waals surface area contributed by atoms with E-state index in [-0.39, 0.29) is 5.82 Å². The van der Waals surface area contributed by atoms with Gasteiger partial charge in [0.15, 0.2) is 5.65 Å². The van der Waals surface area contributed by atoms with E-state index in [2.05, 4.69) is 32.4 Å². The maximum atomic E-state index is 13.6. The number of pyridine rings is 1. The predicted molar refractivity (Wildman–Crippen MR) is 111 cm³/mol. The van der Waals surface area contributed by atoms with E-state index in [0.29, 0.717) is 11.6 Å². The summed E-state index contributed by atoms with van der Waals surface area (Å²) < 4.78 is 20.8. The van der Waals surface area contributed by atoms with E-state index >= 15 is 0 Å².